The van der Waals surface area contributed by atoms with Crippen LogP contribution < -0.4 is 0 Å². The Morgan fingerprint density at radius 1 is 0.947 bits per heavy atom. The van der Waals surface area contributed by atoms with Crippen molar-refractivity contribution in [3.63, 3.8) is 0 Å². The molecule has 0 aliphatic rings. The maximum Gasteiger partial charge on any atom is 0.335 e. The average molecular weight is 548 g/mol. The van der Waals surface area contributed by atoms with Crippen LogP contribution in [0.4, 0.5) is 0 Å². The third kappa shape index (κ3) is 23.6. The molecule has 0 rings (SSSR count). The molecule has 0 aromatic rings. The number of aliphatic hydroxyl groups excluding tert-OH is 2. The van der Waals surface area contributed by atoms with Gasteiger partial charge in [0.1, 0.15) is 12.2 Å². The number of hydrogen-bond donors (Lipinski definition) is 2. The second-order valence-corrected chi connectivity index (χ2v) is 9.53. The maximum absolute atomic E-state index is 10.9. The van der Waals surface area contributed by atoms with Crippen LogP contribution in [0, 0.1) is 0 Å². The summed E-state index contributed by atoms with van der Waals surface area (Å²) in [5.74, 6) is -0.450. The zero-order chi connectivity index (χ0) is 31.5. The molecule has 3 atom stereocenters. The van der Waals surface area contributed by atoms with E-state index < -0.39 is 24.3 Å². The Morgan fingerprint density at radius 2 is 1.39 bits per heavy atom. The lowest BCUT2D eigenvalue weighted by molar-refractivity contribution is -0.284. The highest BCUT2D eigenvalue weighted by molar-refractivity contribution is 5.74. The summed E-state index contributed by atoms with van der Waals surface area (Å²) in [5.41, 5.74) is 0.517. The minimum absolute atomic E-state index is 0.0991. The molecule has 0 aliphatic carbocycles. The van der Waals surface area contributed by atoms with Crippen molar-refractivity contribution in [3.8, 4) is 0 Å². The van der Waals surface area contributed by atoms with Gasteiger partial charge in [0, 0.05) is 18.2 Å². The summed E-state index contributed by atoms with van der Waals surface area (Å²) in [6, 6.07) is 0. The number of hydroxylamine groups is 2. The van der Waals surface area contributed by atoms with Gasteiger partial charge in [0.2, 0.25) is 0 Å². The summed E-state index contributed by atoms with van der Waals surface area (Å²) < 4.78 is 9.44. The molecular formula is C31H65NO6. The Bertz CT molecular complexity index is 581. The predicted molar refractivity (Wildman–Crippen MR) is 164 cm³/mol. The van der Waals surface area contributed by atoms with Crippen LogP contribution in [-0.4, -0.2) is 71.0 Å². The Balaban J connectivity index is -0.000000169. The number of hydrogen-bond acceptors (Lipinski definition) is 7. The zero-order valence-electron chi connectivity index (χ0n) is 27.7. The van der Waals surface area contributed by atoms with Crippen LogP contribution in [0.15, 0.2) is 37.0 Å². The number of carbonyl (C=O) groups excluding carboxylic acids is 1. The molecule has 2 N–H and O–H groups in total. The van der Waals surface area contributed by atoms with E-state index in [0.29, 0.717) is 0 Å². The second kappa shape index (κ2) is 28.5. The first kappa shape index (κ1) is 46.3. The van der Waals surface area contributed by atoms with Crippen molar-refractivity contribution in [2.75, 3.05) is 20.3 Å². The number of esters is 1. The topological polar surface area (TPSA) is 88.5 Å². The molecule has 0 radical (unpaired) electrons. The monoisotopic (exact) mass is 547 g/mol. The van der Waals surface area contributed by atoms with Gasteiger partial charge in [0.05, 0.1) is 13.2 Å². The normalized spacial score (nSPS) is 13.4. The van der Waals surface area contributed by atoms with E-state index in [4.69, 9.17) is 19.4 Å². The Morgan fingerprint density at radius 3 is 1.66 bits per heavy atom. The van der Waals surface area contributed by atoms with Gasteiger partial charge in [0.15, 0.2) is 6.10 Å². The van der Waals surface area contributed by atoms with Crippen molar-refractivity contribution < 1.29 is 29.3 Å². The van der Waals surface area contributed by atoms with Gasteiger partial charge in [-0.3, -0.25) is 4.84 Å². The minimum atomic E-state index is -0.566. The number of aliphatic hydroxyl groups is 2. The Hall–Kier alpha value is -1.51. The van der Waals surface area contributed by atoms with E-state index in [-0.39, 0.29) is 24.3 Å². The van der Waals surface area contributed by atoms with Crippen molar-refractivity contribution in [1.82, 2.24) is 5.06 Å². The van der Waals surface area contributed by atoms with Gasteiger partial charge in [-0.25, -0.2) is 4.79 Å². The number of carbonyl (C=O) groups is 1. The number of methoxy groups -OCH3 is 1. The highest BCUT2D eigenvalue weighted by Crippen LogP contribution is 2.30. The Labute approximate surface area is 236 Å². The minimum Gasteiger partial charge on any atom is -0.458 e. The molecule has 7 nitrogen and oxygen atoms in total. The molecule has 0 fully saturated rings. The molecule has 0 saturated heterocycles. The molecule has 7 heteroatoms. The van der Waals surface area contributed by atoms with Crippen LogP contribution in [0.5, 0.6) is 0 Å². The molecule has 0 amide bonds. The number of allylic oxidation sites excluding steroid dienone is 2. The maximum atomic E-state index is 10.9. The van der Waals surface area contributed by atoms with Gasteiger partial charge in [-0.15, -0.1) is 0 Å². The van der Waals surface area contributed by atoms with Gasteiger partial charge in [-0.2, -0.15) is 5.06 Å². The first-order chi connectivity index (χ1) is 17.7. The number of nitrogens with zero attached hydrogens (tertiary/aromatic N) is 1. The van der Waals surface area contributed by atoms with Crippen LogP contribution in [0.25, 0.3) is 0 Å². The van der Waals surface area contributed by atoms with Crippen LogP contribution in [0.2, 0.25) is 0 Å². The summed E-state index contributed by atoms with van der Waals surface area (Å²) in [6.07, 6.45) is 5.92. The molecule has 38 heavy (non-hydrogen) atoms. The smallest absolute Gasteiger partial charge is 0.335 e. The summed E-state index contributed by atoms with van der Waals surface area (Å²) in [5, 5.41) is 20.1. The van der Waals surface area contributed by atoms with Gasteiger partial charge < -0.3 is 19.7 Å². The molecule has 0 spiro atoms. The van der Waals surface area contributed by atoms with Crippen molar-refractivity contribution in [1.29, 1.82) is 0 Å². The molecule has 0 heterocycles. The van der Waals surface area contributed by atoms with Crippen LogP contribution >= 0.6 is 0 Å². The fourth-order valence-corrected chi connectivity index (χ4v) is 2.55. The van der Waals surface area contributed by atoms with Crippen LogP contribution in [0.3, 0.4) is 0 Å². The quantitative estimate of drug-likeness (QED) is 0.151. The third-order valence-corrected chi connectivity index (χ3v) is 4.60. The van der Waals surface area contributed by atoms with Crippen molar-refractivity contribution in [2.24, 2.45) is 0 Å². The first-order valence-electron chi connectivity index (χ1n) is 14.0. The first-order valence-corrected chi connectivity index (χ1v) is 14.0. The summed E-state index contributed by atoms with van der Waals surface area (Å²) in [4.78, 5) is 17.0. The molecule has 0 saturated carbocycles. The Kier molecular flexibility index (Phi) is 34.8. The fraction of sp³-hybridized carbons (Fsp3) is 0.774. The average Bonchev–Trinajstić information content (AvgIpc) is 2.89. The number of rotatable bonds is 12. The lowest BCUT2D eigenvalue weighted by Crippen LogP contribution is -2.55. The van der Waals surface area contributed by atoms with Crippen molar-refractivity contribution >= 4 is 5.97 Å². The third-order valence-electron chi connectivity index (χ3n) is 4.60. The van der Waals surface area contributed by atoms with Gasteiger partial charge in [0.25, 0.3) is 0 Å². The SMILES string of the molecule is C=C/C=C(\C=C)C(CO)ON(C(C)(C)C)C(C)(C)CC.CC.CC.CCC.COC(C)C(=O)OC(C)CO. The van der Waals surface area contributed by atoms with E-state index in [0.717, 1.165) is 12.0 Å². The van der Waals surface area contributed by atoms with E-state index in [2.05, 4.69) is 68.5 Å². The van der Waals surface area contributed by atoms with Crippen LogP contribution in [-0.2, 0) is 19.1 Å². The van der Waals surface area contributed by atoms with E-state index in [9.17, 15) is 9.90 Å². The van der Waals surface area contributed by atoms with E-state index in [1.54, 1.807) is 26.0 Å². The number of ether oxygens (including phenoxy) is 2. The lowest BCUT2D eigenvalue weighted by Gasteiger charge is -2.46. The highest BCUT2D eigenvalue weighted by Gasteiger charge is 2.37. The van der Waals surface area contributed by atoms with Gasteiger partial charge in [-0.05, 0) is 60.5 Å². The second-order valence-electron chi connectivity index (χ2n) is 9.53. The summed E-state index contributed by atoms with van der Waals surface area (Å²) in [7, 11) is 1.43. The molecule has 0 bridgehead atoms. The van der Waals surface area contributed by atoms with Gasteiger partial charge >= 0.3 is 5.97 Å². The predicted octanol–water partition coefficient (Wildman–Crippen LogP) is 7.28. The largest absolute Gasteiger partial charge is 0.458 e. The molecule has 230 valence electrons. The van der Waals surface area contributed by atoms with Crippen molar-refractivity contribution in [2.45, 2.75) is 139 Å². The standard InChI is InChI=1S/C17H31NO2.C7H14O4.C3H8.2C2H6/c1-9-12-14(10-2)15(13-19)20-18(16(4,5)6)17(7,8)11-3;1-5(4-8)11-7(9)6(2)10-3;1-3-2;2*1-2/h9-10,12,15,19H,1-2,11,13H2,3-8H3;5-6,8H,4H2,1-3H3;3H2,1-2H3;2*1-2H3/b14-12+;;;;. The highest BCUT2D eigenvalue weighted by atomic mass is 16.7. The molecule has 3 unspecified atom stereocenters. The van der Waals surface area contributed by atoms with E-state index >= 15 is 0 Å². The molecule has 0 aromatic heterocycles. The van der Waals surface area contributed by atoms with Crippen molar-refractivity contribution in [3.05, 3.63) is 37.0 Å². The van der Waals surface area contributed by atoms with Gasteiger partial charge in [-0.1, -0.05) is 86.3 Å². The van der Waals surface area contributed by atoms with E-state index in [1.165, 1.54) is 13.5 Å². The zero-order valence-corrected chi connectivity index (χ0v) is 27.7. The fourth-order valence-electron chi connectivity index (χ4n) is 2.55. The molecular weight excluding hydrogens is 482 g/mol. The van der Waals surface area contributed by atoms with E-state index in [1.807, 2.05) is 38.8 Å². The molecule has 0 aliphatic heterocycles. The summed E-state index contributed by atoms with van der Waals surface area (Å²) >= 11 is 0. The lowest BCUT2D eigenvalue weighted by atomic mass is 9.95. The summed E-state index contributed by atoms with van der Waals surface area (Å²) in [6.45, 7) is 35.3. The van der Waals surface area contributed by atoms with Crippen LogP contribution in [0.1, 0.15) is 110 Å². The molecule has 0 aromatic carbocycles.